The van der Waals surface area contributed by atoms with Crippen LogP contribution in [0.15, 0.2) is 30.5 Å². The zero-order valence-corrected chi connectivity index (χ0v) is 17.5. The van der Waals surface area contributed by atoms with Crippen molar-refractivity contribution in [3.05, 3.63) is 58.4 Å². The molecule has 0 spiro atoms. The molecule has 2 atom stereocenters. The van der Waals surface area contributed by atoms with Gasteiger partial charge in [0.05, 0.1) is 13.2 Å². The molecule has 9 nitrogen and oxygen atoms in total. The molecule has 0 radical (unpaired) electrons. The number of hydrogen-bond acceptors (Lipinski definition) is 6. The summed E-state index contributed by atoms with van der Waals surface area (Å²) in [7, 11) is 0. The third-order valence-corrected chi connectivity index (χ3v) is 6.56. The topological polar surface area (TPSA) is 132 Å². The Morgan fingerprint density at radius 1 is 1.31 bits per heavy atom. The fourth-order valence-corrected chi connectivity index (χ4v) is 4.93. The summed E-state index contributed by atoms with van der Waals surface area (Å²) in [6.07, 6.45) is 2.54. The average Bonchev–Trinajstić information content (AvgIpc) is 3.26. The molecule has 3 aliphatic heterocycles. The number of rotatable bonds is 4. The van der Waals surface area contributed by atoms with Crippen molar-refractivity contribution in [3.63, 3.8) is 0 Å². The van der Waals surface area contributed by atoms with Gasteiger partial charge < -0.3 is 15.4 Å². The molecule has 164 valence electrons. The van der Waals surface area contributed by atoms with Gasteiger partial charge in [-0.05, 0) is 30.5 Å². The first-order valence-corrected chi connectivity index (χ1v) is 10.5. The largest absolute Gasteiger partial charge is 0.492 e. The van der Waals surface area contributed by atoms with E-state index in [9.17, 15) is 19.2 Å². The lowest BCUT2D eigenvalue weighted by atomic mass is 9.78. The molecule has 2 aromatic rings. The van der Waals surface area contributed by atoms with Crippen LogP contribution in [0.25, 0.3) is 0 Å². The van der Waals surface area contributed by atoms with Crippen molar-refractivity contribution in [1.29, 1.82) is 0 Å². The maximum absolute atomic E-state index is 13.0. The van der Waals surface area contributed by atoms with E-state index in [0.29, 0.717) is 30.8 Å². The number of amides is 4. The highest BCUT2D eigenvalue weighted by Crippen LogP contribution is 2.46. The number of pyridine rings is 1. The summed E-state index contributed by atoms with van der Waals surface area (Å²) in [4.78, 5) is 54.3. The van der Waals surface area contributed by atoms with E-state index in [1.165, 1.54) is 11.1 Å². The number of nitrogens with two attached hydrogens (primary N) is 1. The molecule has 0 saturated carbocycles. The van der Waals surface area contributed by atoms with Gasteiger partial charge in [0.15, 0.2) is 0 Å². The van der Waals surface area contributed by atoms with Gasteiger partial charge in [0.2, 0.25) is 11.8 Å². The second-order valence-corrected chi connectivity index (χ2v) is 8.77. The van der Waals surface area contributed by atoms with Gasteiger partial charge in [-0.25, -0.2) is 0 Å². The molecule has 3 aliphatic rings. The number of nitrogens with zero attached hydrogens (tertiary/aromatic N) is 2. The normalized spacial score (nSPS) is 24.1. The summed E-state index contributed by atoms with van der Waals surface area (Å²) in [5.41, 5.74) is 8.23. The lowest BCUT2D eigenvalue weighted by Crippen LogP contribution is -2.52. The molecule has 4 heterocycles. The van der Waals surface area contributed by atoms with Gasteiger partial charge in [-0.15, -0.1) is 0 Å². The molecule has 1 aromatic heterocycles. The summed E-state index contributed by atoms with van der Waals surface area (Å²) >= 11 is 0. The van der Waals surface area contributed by atoms with Crippen LogP contribution in [0.4, 0.5) is 0 Å². The average molecular weight is 434 g/mol. The molecule has 32 heavy (non-hydrogen) atoms. The number of primary amides is 1. The van der Waals surface area contributed by atoms with Gasteiger partial charge in [0.25, 0.3) is 11.8 Å². The van der Waals surface area contributed by atoms with Crippen molar-refractivity contribution in [2.24, 2.45) is 5.73 Å². The van der Waals surface area contributed by atoms with Crippen LogP contribution in [0.1, 0.15) is 57.3 Å². The highest BCUT2D eigenvalue weighted by molar-refractivity contribution is 6.05. The Balaban J connectivity index is 1.46. The number of aromatic nitrogens is 1. The number of carbonyl (C=O) groups excluding carboxylic acids is 4. The SMILES string of the molecule is C[C@@]1(Cc2cccnc2C(N)=O)COc2c1ccc1c2CN(C2CCC(=O)NC2=O)C1=O. The van der Waals surface area contributed by atoms with Crippen LogP contribution >= 0.6 is 0 Å². The Bertz CT molecular complexity index is 1190. The van der Waals surface area contributed by atoms with E-state index in [4.69, 9.17) is 10.5 Å². The molecular weight excluding hydrogens is 412 g/mol. The zero-order valence-electron chi connectivity index (χ0n) is 17.5. The minimum absolute atomic E-state index is 0.205. The van der Waals surface area contributed by atoms with Crippen molar-refractivity contribution < 1.29 is 23.9 Å². The first-order chi connectivity index (χ1) is 15.3. The van der Waals surface area contributed by atoms with Gasteiger partial charge in [0, 0.05) is 34.7 Å². The number of piperidine rings is 1. The van der Waals surface area contributed by atoms with Crippen LogP contribution in [-0.4, -0.2) is 46.2 Å². The monoisotopic (exact) mass is 434 g/mol. The van der Waals surface area contributed by atoms with Crippen molar-refractivity contribution >= 4 is 23.6 Å². The molecule has 1 aromatic carbocycles. The van der Waals surface area contributed by atoms with Gasteiger partial charge in [0.1, 0.15) is 17.5 Å². The third-order valence-electron chi connectivity index (χ3n) is 6.56. The number of fused-ring (bicyclic) bond motifs is 3. The van der Waals surface area contributed by atoms with Crippen LogP contribution in [0, 0.1) is 0 Å². The summed E-state index contributed by atoms with van der Waals surface area (Å²) in [6, 6.07) is 6.57. The maximum Gasteiger partial charge on any atom is 0.267 e. The number of benzene rings is 1. The fourth-order valence-electron chi connectivity index (χ4n) is 4.93. The predicted octanol–water partition coefficient (Wildman–Crippen LogP) is 0.834. The predicted molar refractivity (Wildman–Crippen MR) is 112 cm³/mol. The van der Waals surface area contributed by atoms with E-state index < -0.39 is 23.3 Å². The maximum atomic E-state index is 13.0. The number of ether oxygens (including phenoxy) is 1. The number of imide groups is 1. The molecule has 1 fully saturated rings. The smallest absolute Gasteiger partial charge is 0.267 e. The Morgan fingerprint density at radius 3 is 2.88 bits per heavy atom. The summed E-state index contributed by atoms with van der Waals surface area (Å²) < 4.78 is 6.09. The van der Waals surface area contributed by atoms with Gasteiger partial charge in [-0.2, -0.15) is 0 Å². The lowest BCUT2D eigenvalue weighted by Gasteiger charge is -2.29. The second-order valence-electron chi connectivity index (χ2n) is 8.77. The highest BCUT2D eigenvalue weighted by atomic mass is 16.5. The molecular formula is C23H22N4O5. The third kappa shape index (κ3) is 3.04. The van der Waals surface area contributed by atoms with Crippen molar-refractivity contribution in [2.45, 2.75) is 44.2 Å². The number of nitrogens with one attached hydrogen (secondary N) is 1. The Hall–Kier alpha value is -3.75. The first-order valence-electron chi connectivity index (χ1n) is 10.5. The van der Waals surface area contributed by atoms with Crippen LogP contribution in [0.5, 0.6) is 5.75 Å². The number of hydrogen-bond donors (Lipinski definition) is 2. The van der Waals surface area contributed by atoms with Crippen molar-refractivity contribution in [1.82, 2.24) is 15.2 Å². The van der Waals surface area contributed by atoms with E-state index in [-0.39, 0.29) is 30.5 Å². The molecule has 0 bridgehead atoms. The summed E-state index contributed by atoms with van der Waals surface area (Å²) in [5, 5.41) is 2.31. The molecule has 9 heteroatoms. The Morgan fingerprint density at radius 2 is 2.12 bits per heavy atom. The molecule has 4 amide bonds. The van der Waals surface area contributed by atoms with Gasteiger partial charge in [-0.3, -0.25) is 29.5 Å². The lowest BCUT2D eigenvalue weighted by molar-refractivity contribution is -0.136. The second kappa shape index (κ2) is 7.15. The van der Waals surface area contributed by atoms with E-state index in [2.05, 4.69) is 10.3 Å². The molecule has 1 saturated heterocycles. The van der Waals surface area contributed by atoms with E-state index in [1.807, 2.05) is 19.1 Å². The van der Waals surface area contributed by atoms with E-state index >= 15 is 0 Å². The highest BCUT2D eigenvalue weighted by Gasteiger charge is 2.45. The molecule has 3 N–H and O–H groups in total. The minimum Gasteiger partial charge on any atom is -0.492 e. The van der Waals surface area contributed by atoms with E-state index in [1.54, 1.807) is 12.1 Å². The molecule has 1 unspecified atom stereocenters. The van der Waals surface area contributed by atoms with E-state index in [0.717, 1.165) is 16.7 Å². The standard InChI is InChI=1S/C23H22N4O5/c1-23(9-12-3-2-8-25-18(12)20(24)29)11-32-19-14-10-27(16-6-7-17(28)26-21(16)30)22(31)13(14)4-5-15(19)23/h2-5,8,16H,6-7,9-11H2,1H3,(H2,24,29)(H,26,28,30)/t16?,23-/m1/s1. The molecule has 5 rings (SSSR count). The summed E-state index contributed by atoms with van der Waals surface area (Å²) in [5.74, 6) is -0.931. The fraction of sp³-hybridized carbons (Fsp3) is 0.348. The summed E-state index contributed by atoms with van der Waals surface area (Å²) in [6.45, 7) is 2.66. The van der Waals surface area contributed by atoms with Crippen molar-refractivity contribution in [3.8, 4) is 5.75 Å². The Kier molecular flexibility index (Phi) is 4.51. The van der Waals surface area contributed by atoms with Crippen LogP contribution in [0.3, 0.4) is 0 Å². The van der Waals surface area contributed by atoms with Gasteiger partial charge in [-0.1, -0.05) is 19.1 Å². The zero-order chi connectivity index (χ0) is 22.6. The van der Waals surface area contributed by atoms with Crippen LogP contribution < -0.4 is 15.8 Å². The minimum atomic E-state index is -0.676. The molecule has 0 aliphatic carbocycles. The number of carbonyl (C=O) groups is 4. The Labute approximate surface area is 183 Å². The first kappa shape index (κ1) is 20.2. The van der Waals surface area contributed by atoms with Crippen molar-refractivity contribution in [2.75, 3.05) is 6.61 Å². The van der Waals surface area contributed by atoms with Crippen LogP contribution in [0.2, 0.25) is 0 Å². The van der Waals surface area contributed by atoms with Crippen LogP contribution in [-0.2, 0) is 28.0 Å². The van der Waals surface area contributed by atoms with Gasteiger partial charge >= 0.3 is 0 Å². The quantitative estimate of drug-likeness (QED) is 0.686.